The maximum absolute atomic E-state index is 13.4. The van der Waals surface area contributed by atoms with E-state index in [9.17, 15) is 4.39 Å². The molecule has 2 aromatic carbocycles. The normalized spacial score (nSPS) is 10.4. The van der Waals surface area contributed by atoms with E-state index in [0.717, 1.165) is 17.7 Å². The van der Waals surface area contributed by atoms with Crippen molar-refractivity contribution in [1.82, 2.24) is 0 Å². The van der Waals surface area contributed by atoms with E-state index in [4.69, 9.17) is 15.2 Å². The Kier molecular flexibility index (Phi) is 5.58. The molecular formula is C17H20FNO2. The van der Waals surface area contributed by atoms with Crippen LogP contribution in [0, 0.1) is 5.82 Å². The molecule has 0 aromatic heterocycles. The lowest BCUT2D eigenvalue weighted by molar-refractivity contribution is 0.262. The van der Waals surface area contributed by atoms with Crippen LogP contribution in [0.4, 0.5) is 4.39 Å². The molecule has 2 rings (SSSR count). The van der Waals surface area contributed by atoms with Crippen molar-refractivity contribution in [1.29, 1.82) is 0 Å². The van der Waals surface area contributed by atoms with Gasteiger partial charge in [-0.15, -0.1) is 0 Å². The number of nitrogens with two attached hydrogens (primary N) is 1. The van der Waals surface area contributed by atoms with Gasteiger partial charge in [0.05, 0.1) is 6.61 Å². The molecule has 2 N–H and O–H groups in total. The van der Waals surface area contributed by atoms with Gasteiger partial charge in [0.1, 0.15) is 12.4 Å². The molecule has 0 aliphatic rings. The number of ether oxygens (including phenoxy) is 2. The number of halogens is 1. The zero-order valence-corrected chi connectivity index (χ0v) is 12.1. The SMILES string of the molecule is CCCOc1ccccc1OCc1ccc(F)c(CN)c1. The Bertz CT molecular complexity index is 587. The molecular weight excluding hydrogens is 269 g/mol. The van der Waals surface area contributed by atoms with Gasteiger partial charge in [-0.1, -0.05) is 25.1 Å². The fourth-order valence-electron chi connectivity index (χ4n) is 1.94. The van der Waals surface area contributed by atoms with E-state index < -0.39 is 0 Å². The molecule has 0 unspecified atom stereocenters. The molecule has 0 heterocycles. The smallest absolute Gasteiger partial charge is 0.161 e. The highest BCUT2D eigenvalue weighted by molar-refractivity contribution is 5.39. The molecule has 3 nitrogen and oxygen atoms in total. The largest absolute Gasteiger partial charge is 0.490 e. The molecule has 112 valence electrons. The van der Waals surface area contributed by atoms with Gasteiger partial charge in [0.15, 0.2) is 11.5 Å². The van der Waals surface area contributed by atoms with Gasteiger partial charge in [0.25, 0.3) is 0 Å². The molecule has 0 bridgehead atoms. The number of hydrogen-bond acceptors (Lipinski definition) is 3. The Hall–Kier alpha value is -2.07. The van der Waals surface area contributed by atoms with Gasteiger partial charge in [-0.3, -0.25) is 0 Å². The maximum Gasteiger partial charge on any atom is 0.161 e. The summed E-state index contributed by atoms with van der Waals surface area (Å²) in [4.78, 5) is 0. The minimum Gasteiger partial charge on any atom is -0.490 e. The topological polar surface area (TPSA) is 44.5 Å². The van der Waals surface area contributed by atoms with Gasteiger partial charge in [-0.05, 0) is 36.2 Å². The van der Waals surface area contributed by atoms with E-state index in [1.165, 1.54) is 6.07 Å². The molecule has 0 saturated heterocycles. The monoisotopic (exact) mass is 289 g/mol. The lowest BCUT2D eigenvalue weighted by atomic mass is 10.1. The fourth-order valence-corrected chi connectivity index (χ4v) is 1.94. The second-order valence-corrected chi connectivity index (χ2v) is 4.71. The maximum atomic E-state index is 13.4. The Labute approximate surface area is 124 Å². The first-order chi connectivity index (χ1) is 10.2. The molecule has 0 fully saturated rings. The van der Waals surface area contributed by atoms with Gasteiger partial charge in [-0.2, -0.15) is 0 Å². The summed E-state index contributed by atoms with van der Waals surface area (Å²) in [5.41, 5.74) is 6.87. The molecule has 0 atom stereocenters. The second kappa shape index (κ2) is 7.64. The van der Waals surface area contributed by atoms with Gasteiger partial charge >= 0.3 is 0 Å². The summed E-state index contributed by atoms with van der Waals surface area (Å²) in [6.07, 6.45) is 0.937. The van der Waals surface area contributed by atoms with Crippen LogP contribution in [0.1, 0.15) is 24.5 Å². The van der Waals surface area contributed by atoms with E-state index in [1.807, 2.05) is 24.3 Å². The highest BCUT2D eigenvalue weighted by Crippen LogP contribution is 2.27. The molecule has 0 aliphatic carbocycles. The Morgan fingerprint density at radius 1 is 1.05 bits per heavy atom. The second-order valence-electron chi connectivity index (χ2n) is 4.71. The van der Waals surface area contributed by atoms with Crippen molar-refractivity contribution in [3.63, 3.8) is 0 Å². The molecule has 0 radical (unpaired) electrons. The first-order valence-corrected chi connectivity index (χ1v) is 7.06. The first-order valence-electron chi connectivity index (χ1n) is 7.06. The third-order valence-corrected chi connectivity index (χ3v) is 3.04. The third-order valence-electron chi connectivity index (χ3n) is 3.04. The van der Waals surface area contributed by atoms with Crippen LogP contribution in [0.5, 0.6) is 11.5 Å². The Morgan fingerprint density at radius 2 is 1.76 bits per heavy atom. The molecule has 0 saturated carbocycles. The lowest BCUT2D eigenvalue weighted by Gasteiger charge is -2.12. The molecule has 0 spiro atoms. The predicted octanol–water partition coefficient (Wildman–Crippen LogP) is 3.65. The lowest BCUT2D eigenvalue weighted by Crippen LogP contribution is -2.04. The van der Waals surface area contributed by atoms with E-state index in [1.54, 1.807) is 12.1 Å². The standard InChI is InChI=1S/C17H20FNO2/c1-2-9-20-16-5-3-4-6-17(16)21-12-13-7-8-15(18)14(10-13)11-19/h3-8,10H,2,9,11-12,19H2,1H3. The van der Waals surface area contributed by atoms with E-state index in [2.05, 4.69) is 6.92 Å². The molecule has 21 heavy (non-hydrogen) atoms. The van der Waals surface area contributed by atoms with Crippen molar-refractivity contribution in [2.24, 2.45) is 5.73 Å². The van der Waals surface area contributed by atoms with Crippen molar-refractivity contribution < 1.29 is 13.9 Å². The van der Waals surface area contributed by atoms with Crippen LogP contribution in [0.15, 0.2) is 42.5 Å². The minimum atomic E-state index is -0.284. The quantitative estimate of drug-likeness (QED) is 0.846. The molecule has 4 heteroatoms. The number of rotatable bonds is 7. The van der Waals surface area contributed by atoms with Crippen molar-refractivity contribution in [2.75, 3.05) is 6.61 Å². The number of benzene rings is 2. The van der Waals surface area contributed by atoms with E-state index >= 15 is 0 Å². The Balaban J connectivity index is 2.06. The van der Waals surface area contributed by atoms with E-state index in [-0.39, 0.29) is 12.4 Å². The Morgan fingerprint density at radius 3 is 2.43 bits per heavy atom. The minimum absolute atomic E-state index is 0.176. The predicted molar refractivity (Wildman–Crippen MR) is 80.9 cm³/mol. The van der Waals surface area contributed by atoms with Crippen molar-refractivity contribution >= 4 is 0 Å². The van der Waals surface area contributed by atoms with Crippen LogP contribution in [0.2, 0.25) is 0 Å². The van der Waals surface area contributed by atoms with Crippen LogP contribution in [0.25, 0.3) is 0 Å². The van der Waals surface area contributed by atoms with Gasteiger partial charge in [-0.25, -0.2) is 4.39 Å². The molecule has 0 amide bonds. The summed E-state index contributed by atoms with van der Waals surface area (Å²) in [5.74, 6) is 1.12. The van der Waals surface area contributed by atoms with Crippen molar-refractivity contribution in [3.8, 4) is 11.5 Å². The highest BCUT2D eigenvalue weighted by Gasteiger charge is 2.06. The zero-order chi connectivity index (χ0) is 15.1. The fraction of sp³-hybridized carbons (Fsp3) is 0.294. The highest BCUT2D eigenvalue weighted by atomic mass is 19.1. The number of hydrogen-bond donors (Lipinski definition) is 1. The average molecular weight is 289 g/mol. The first kappa shape index (κ1) is 15.3. The van der Waals surface area contributed by atoms with Crippen molar-refractivity contribution in [2.45, 2.75) is 26.5 Å². The van der Waals surface area contributed by atoms with Crippen molar-refractivity contribution in [3.05, 3.63) is 59.4 Å². The van der Waals surface area contributed by atoms with Crippen LogP contribution >= 0.6 is 0 Å². The number of para-hydroxylation sites is 2. The average Bonchev–Trinajstić information content (AvgIpc) is 2.53. The summed E-state index contributed by atoms with van der Waals surface area (Å²) in [7, 11) is 0. The summed E-state index contributed by atoms with van der Waals surface area (Å²) in [5, 5.41) is 0. The van der Waals surface area contributed by atoms with Crippen LogP contribution in [-0.2, 0) is 13.2 Å². The summed E-state index contributed by atoms with van der Waals surface area (Å²) in [6, 6.07) is 12.4. The summed E-state index contributed by atoms with van der Waals surface area (Å²) < 4.78 is 24.8. The van der Waals surface area contributed by atoms with Crippen LogP contribution in [0.3, 0.4) is 0 Å². The summed E-state index contributed by atoms with van der Waals surface area (Å²) in [6.45, 7) is 3.22. The molecule has 0 aliphatic heterocycles. The van der Waals surface area contributed by atoms with Crippen LogP contribution in [-0.4, -0.2) is 6.61 Å². The van der Waals surface area contributed by atoms with Gasteiger partial charge in [0, 0.05) is 12.1 Å². The third kappa shape index (κ3) is 4.20. The van der Waals surface area contributed by atoms with Gasteiger partial charge < -0.3 is 15.2 Å². The molecule has 2 aromatic rings. The van der Waals surface area contributed by atoms with Crippen LogP contribution < -0.4 is 15.2 Å². The van der Waals surface area contributed by atoms with Gasteiger partial charge in [0.2, 0.25) is 0 Å². The summed E-state index contributed by atoms with van der Waals surface area (Å²) >= 11 is 0. The van der Waals surface area contributed by atoms with E-state index in [0.29, 0.717) is 24.5 Å². The zero-order valence-electron chi connectivity index (χ0n) is 12.1.